The third-order valence-corrected chi connectivity index (χ3v) is 4.14. The third kappa shape index (κ3) is 3.41. The molecule has 4 heteroatoms. The lowest BCUT2D eigenvalue weighted by Crippen LogP contribution is -2.36. The Morgan fingerprint density at radius 3 is 2.36 bits per heavy atom. The molecular formula is C10H21FN2S. The van der Waals surface area contributed by atoms with Gasteiger partial charge in [0, 0.05) is 17.2 Å². The summed E-state index contributed by atoms with van der Waals surface area (Å²) in [6, 6.07) is -0.321. The second-order valence-corrected chi connectivity index (χ2v) is 5.51. The van der Waals surface area contributed by atoms with Crippen molar-refractivity contribution >= 4 is 11.8 Å². The fourth-order valence-electron chi connectivity index (χ4n) is 2.14. The number of rotatable bonds is 4. The van der Waals surface area contributed by atoms with E-state index in [-0.39, 0.29) is 12.0 Å². The first-order chi connectivity index (χ1) is 6.65. The van der Waals surface area contributed by atoms with E-state index in [4.69, 9.17) is 11.5 Å². The average Bonchev–Trinajstić information content (AvgIpc) is 2.18. The van der Waals surface area contributed by atoms with E-state index in [0.29, 0.717) is 11.1 Å². The first-order valence-electron chi connectivity index (χ1n) is 5.36. The largest absolute Gasteiger partial charge is 0.325 e. The molecule has 0 aromatic rings. The zero-order valence-electron chi connectivity index (χ0n) is 8.79. The van der Waals surface area contributed by atoms with Gasteiger partial charge in [-0.2, -0.15) is 0 Å². The molecule has 0 radical (unpaired) electrons. The molecule has 0 heterocycles. The second-order valence-electron chi connectivity index (χ2n) is 4.17. The van der Waals surface area contributed by atoms with Crippen molar-refractivity contribution in [2.24, 2.45) is 17.4 Å². The van der Waals surface area contributed by atoms with Gasteiger partial charge in [0.2, 0.25) is 0 Å². The first kappa shape index (κ1) is 12.3. The van der Waals surface area contributed by atoms with Crippen LogP contribution in [0.5, 0.6) is 0 Å². The molecule has 0 bridgehead atoms. The highest BCUT2D eigenvalue weighted by atomic mass is 32.2. The van der Waals surface area contributed by atoms with Crippen molar-refractivity contribution in [3.05, 3.63) is 0 Å². The Kier molecular flexibility index (Phi) is 5.20. The van der Waals surface area contributed by atoms with Crippen molar-refractivity contribution in [3.8, 4) is 0 Å². The predicted molar refractivity (Wildman–Crippen MR) is 60.9 cm³/mol. The van der Waals surface area contributed by atoms with Crippen LogP contribution in [0.25, 0.3) is 0 Å². The van der Waals surface area contributed by atoms with Gasteiger partial charge in [0.15, 0.2) is 0 Å². The van der Waals surface area contributed by atoms with Crippen molar-refractivity contribution in [1.82, 2.24) is 0 Å². The average molecular weight is 220 g/mol. The van der Waals surface area contributed by atoms with Crippen LogP contribution in [0.1, 0.15) is 32.6 Å². The maximum Gasteiger partial charge on any atom is 0.118 e. The summed E-state index contributed by atoms with van der Waals surface area (Å²) in [5.74, 6) is 0.867. The van der Waals surface area contributed by atoms with Gasteiger partial charge < -0.3 is 11.5 Å². The van der Waals surface area contributed by atoms with Gasteiger partial charge in [0.05, 0.1) is 0 Å². The highest BCUT2D eigenvalue weighted by Gasteiger charge is 2.29. The van der Waals surface area contributed by atoms with Crippen LogP contribution >= 0.6 is 11.8 Å². The number of hydrogen-bond donors (Lipinski definition) is 2. The van der Waals surface area contributed by atoms with E-state index in [9.17, 15) is 4.39 Å². The van der Waals surface area contributed by atoms with E-state index in [1.807, 2.05) is 0 Å². The third-order valence-electron chi connectivity index (χ3n) is 3.00. The Bertz CT molecular complexity index is 158. The molecule has 84 valence electrons. The van der Waals surface area contributed by atoms with Gasteiger partial charge in [-0.05, 0) is 38.5 Å². The number of halogens is 1. The van der Waals surface area contributed by atoms with Crippen LogP contribution in [0, 0.1) is 5.92 Å². The Morgan fingerprint density at radius 2 is 1.93 bits per heavy atom. The summed E-state index contributed by atoms with van der Waals surface area (Å²) < 4.78 is 13.6. The molecule has 0 amide bonds. The number of nitrogens with two attached hydrogens (primary N) is 2. The minimum absolute atomic E-state index is 0.185. The smallest absolute Gasteiger partial charge is 0.118 e. The minimum atomic E-state index is -0.821. The van der Waals surface area contributed by atoms with Gasteiger partial charge in [-0.15, -0.1) is 11.8 Å². The van der Waals surface area contributed by atoms with Crippen LogP contribution in [-0.2, 0) is 0 Å². The summed E-state index contributed by atoms with van der Waals surface area (Å²) in [5.41, 5.74) is 11.0. The molecule has 0 spiro atoms. The van der Waals surface area contributed by atoms with Gasteiger partial charge in [0.1, 0.15) is 6.17 Å². The SMILES string of the molecule is CC(N)C(F)C1CCC(SCN)CC1. The quantitative estimate of drug-likeness (QED) is 0.711. The highest BCUT2D eigenvalue weighted by molar-refractivity contribution is 7.99. The van der Waals surface area contributed by atoms with Gasteiger partial charge in [-0.1, -0.05) is 0 Å². The molecule has 0 aliphatic heterocycles. The van der Waals surface area contributed by atoms with Crippen LogP contribution in [0.15, 0.2) is 0 Å². The van der Waals surface area contributed by atoms with Gasteiger partial charge >= 0.3 is 0 Å². The van der Waals surface area contributed by atoms with Crippen LogP contribution in [-0.4, -0.2) is 23.3 Å². The summed E-state index contributed by atoms with van der Waals surface area (Å²) >= 11 is 1.80. The predicted octanol–water partition coefficient (Wildman–Crippen LogP) is 1.88. The van der Waals surface area contributed by atoms with E-state index in [1.165, 1.54) is 0 Å². The standard InChI is InChI=1S/C10H21FN2S/c1-7(13)10(11)8-2-4-9(5-3-8)14-6-12/h7-10H,2-6,12-13H2,1H3. The Morgan fingerprint density at radius 1 is 1.36 bits per heavy atom. The van der Waals surface area contributed by atoms with Gasteiger partial charge in [-0.3, -0.25) is 0 Å². The molecular weight excluding hydrogens is 199 g/mol. The van der Waals surface area contributed by atoms with E-state index in [2.05, 4.69) is 0 Å². The lowest BCUT2D eigenvalue weighted by molar-refractivity contribution is 0.160. The van der Waals surface area contributed by atoms with Crippen LogP contribution in [0.4, 0.5) is 4.39 Å². The molecule has 1 aliphatic rings. The van der Waals surface area contributed by atoms with E-state index < -0.39 is 6.17 Å². The van der Waals surface area contributed by atoms with E-state index in [1.54, 1.807) is 18.7 Å². The zero-order valence-corrected chi connectivity index (χ0v) is 9.60. The van der Waals surface area contributed by atoms with Crippen molar-refractivity contribution in [2.75, 3.05) is 5.88 Å². The summed E-state index contributed by atoms with van der Waals surface area (Å²) in [4.78, 5) is 0. The molecule has 2 unspecified atom stereocenters. The molecule has 1 aliphatic carbocycles. The minimum Gasteiger partial charge on any atom is -0.325 e. The summed E-state index contributed by atoms with van der Waals surface area (Å²) in [7, 11) is 0. The fraction of sp³-hybridized carbons (Fsp3) is 1.00. The van der Waals surface area contributed by atoms with Gasteiger partial charge in [-0.25, -0.2) is 4.39 Å². The Labute approximate surface area is 90.0 Å². The molecule has 0 aromatic heterocycles. The summed E-state index contributed by atoms with van der Waals surface area (Å²) in [5, 5.41) is 0.650. The molecule has 2 atom stereocenters. The van der Waals surface area contributed by atoms with Crippen LogP contribution in [0.2, 0.25) is 0 Å². The van der Waals surface area contributed by atoms with Crippen LogP contribution in [0.3, 0.4) is 0 Å². The van der Waals surface area contributed by atoms with Crippen LogP contribution < -0.4 is 11.5 Å². The molecule has 4 N–H and O–H groups in total. The zero-order chi connectivity index (χ0) is 10.6. The van der Waals surface area contributed by atoms with Gasteiger partial charge in [0.25, 0.3) is 0 Å². The Balaban J connectivity index is 2.28. The summed E-state index contributed by atoms with van der Waals surface area (Å²) in [6.45, 7) is 1.76. The fourth-order valence-corrected chi connectivity index (χ4v) is 3.02. The van der Waals surface area contributed by atoms with E-state index >= 15 is 0 Å². The molecule has 1 rings (SSSR count). The normalized spacial score (nSPS) is 32.6. The van der Waals surface area contributed by atoms with Crippen molar-refractivity contribution in [3.63, 3.8) is 0 Å². The monoisotopic (exact) mass is 220 g/mol. The highest BCUT2D eigenvalue weighted by Crippen LogP contribution is 2.34. The lowest BCUT2D eigenvalue weighted by atomic mass is 9.83. The first-order valence-corrected chi connectivity index (χ1v) is 6.41. The maximum absolute atomic E-state index is 13.6. The second kappa shape index (κ2) is 5.93. The summed E-state index contributed by atoms with van der Waals surface area (Å²) in [6.07, 6.45) is 3.32. The number of alkyl halides is 1. The molecule has 1 fully saturated rings. The number of thioether (sulfide) groups is 1. The number of hydrogen-bond acceptors (Lipinski definition) is 3. The van der Waals surface area contributed by atoms with Crippen molar-refractivity contribution in [2.45, 2.75) is 50.1 Å². The molecule has 0 saturated heterocycles. The molecule has 1 saturated carbocycles. The molecule has 2 nitrogen and oxygen atoms in total. The van der Waals surface area contributed by atoms with Crippen molar-refractivity contribution < 1.29 is 4.39 Å². The maximum atomic E-state index is 13.6. The van der Waals surface area contributed by atoms with Crippen molar-refractivity contribution in [1.29, 1.82) is 0 Å². The molecule has 0 aromatic carbocycles. The Hall–Kier alpha value is 0.200. The molecule has 14 heavy (non-hydrogen) atoms. The van der Waals surface area contributed by atoms with E-state index in [0.717, 1.165) is 25.7 Å². The topological polar surface area (TPSA) is 52.0 Å². The lowest BCUT2D eigenvalue weighted by Gasteiger charge is -2.31.